The van der Waals surface area contributed by atoms with E-state index >= 15 is 0 Å². The lowest BCUT2D eigenvalue weighted by molar-refractivity contribution is -0.144. The average molecular weight is 223 g/mol. The van der Waals surface area contributed by atoms with Crippen LogP contribution in [-0.2, 0) is 9.59 Å². The summed E-state index contributed by atoms with van der Waals surface area (Å²) in [4.78, 5) is 23.8. The maximum atomic E-state index is 12.7. The van der Waals surface area contributed by atoms with Crippen LogP contribution < -0.4 is 4.90 Å². The van der Waals surface area contributed by atoms with Crippen molar-refractivity contribution in [3.8, 4) is 0 Å². The van der Waals surface area contributed by atoms with Gasteiger partial charge in [0.2, 0.25) is 5.91 Å². The average Bonchev–Trinajstić information content (AvgIpc) is 2.61. The number of anilines is 1. The van der Waals surface area contributed by atoms with Gasteiger partial charge >= 0.3 is 5.97 Å². The third kappa shape index (κ3) is 1.76. The van der Waals surface area contributed by atoms with Gasteiger partial charge in [-0.05, 0) is 30.7 Å². The summed E-state index contributed by atoms with van der Waals surface area (Å²) in [5.41, 5.74) is 0.537. The number of hydrogen-bond donors (Lipinski definition) is 1. The fourth-order valence-corrected chi connectivity index (χ4v) is 1.79. The first-order valence-corrected chi connectivity index (χ1v) is 4.89. The Hall–Kier alpha value is -1.91. The molecule has 1 fully saturated rings. The monoisotopic (exact) mass is 223 g/mol. The number of benzene rings is 1. The van der Waals surface area contributed by atoms with Crippen LogP contribution in [0.15, 0.2) is 24.3 Å². The second-order valence-electron chi connectivity index (χ2n) is 3.65. The molecule has 1 aromatic rings. The molecule has 1 N–H and O–H groups in total. The lowest BCUT2D eigenvalue weighted by atomic mass is 10.1. The molecular weight excluding hydrogens is 213 g/mol. The molecule has 1 saturated heterocycles. The molecule has 4 nitrogen and oxygen atoms in total. The summed E-state index contributed by atoms with van der Waals surface area (Å²) in [6, 6.07) is 5.43. The van der Waals surface area contributed by atoms with Crippen LogP contribution in [0.1, 0.15) is 6.42 Å². The second kappa shape index (κ2) is 3.92. The van der Waals surface area contributed by atoms with Gasteiger partial charge in [-0.15, -0.1) is 0 Å². The lowest BCUT2D eigenvalue weighted by Gasteiger charge is -2.15. The van der Waals surface area contributed by atoms with Crippen LogP contribution in [0.5, 0.6) is 0 Å². The van der Waals surface area contributed by atoms with Crippen molar-refractivity contribution in [1.29, 1.82) is 0 Å². The van der Waals surface area contributed by atoms with Crippen LogP contribution in [0.3, 0.4) is 0 Å². The highest BCUT2D eigenvalue weighted by Gasteiger charge is 2.37. The van der Waals surface area contributed by atoms with E-state index in [0.29, 0.717) is 18.7 Å². The third-order valence-corrected chi connectivity index (χ3v) is 2.64. The number of halogens is 1. The topological polar surface area (TPSA) is 57.6 Å². The van der Waals surface area contributed by atoms with Crippen LogP contribution >= 0.6 is 0 Å². The molecule has 1 heterocycles. The van der Waals surface area contributed by atoms with Gasteiger partial charge in [0.1, 0.15) is 11.7 Å². The Kier molecular flexibility index (Phi) is 2.60. The lowest BCUT2D eigenvalue weighted by Crippen LogP contribution is -2.30. The Bertz CT molecular complexity index is 429. The minimum Gasteiger partial charge on any atom is -0.481 e. The number of rotatable bonds is 2. The second-order valence-corrected chi connectivity index (χ2v) is 3.65. The van der Waals surface area contributed by atoms with Gasteiger partial charge in [-0.2, -0.15) is 0 Å². The molecule has 0 aliphatic carbocycles. The van der Waals surface area contributed by atoms with E-state index < -0.39 is 17.8 Å². The van der Waals surface area contributed by atoms with Gasteiger partial charge in [-0.3, -0.25) is 9.59 Å². The standard InChI is InChI=1S/C11H10FNO3/c12-7-1-3-8(4-2-7)13-6-5-9(10(13)14)11(15)16/h1-4,9H,5-6H2,(H,15,16)/t9-/m1/s1. The van der Waals surface area contributed by atoms with Crippen molar-refractivity contribution in [3.05, 3.63) is 30.1 Å². The number of carbonyl (C=O) groups excluding carboxylic acids is 1. The number of carboxylic acid groups (broad SMARTS) is 1. The molecule has 1 aromatic carbocycles. The van der Waals surface area contributed by atoms with Crippen molar-refractivity contribution < 1.29 is 19.1 Å². The van der Waals surface area contributed by atoms with Crippen molar-refractivity contribution in [2.45, 2.75) is 6.42 Å². The van der Waals surface area contributed by atoms with E-state index in [0.717, 1.165) is 0 Å². The quantitative estimate of drug-likeness (QED) is 0.768. The molecule has 1 amide bonds. The number of aliphatic carboxylic acids is 1. The van der Waals surface area contributed by atoms with Crippen LogP contribution in [0.25, 0.3) is 0 Å². The predicted octanol–water partition coefficient (Wildman–Crippen LogP) is 1.26. The number of carboxylic acids is 1. The SMILES string of the molecule is O=C(O)[C@@H]1CCN(c2ccc(F)cc2)C1=O. The van der Waals surface area contributed by atoms with Gasteiger partial charge in [0.15, 0.2) is 0 Å². The Morgan fingerprint density at radius 3 is 2.50 bits per heavy atom. The van der Waals surface area contributed by atoms with E-state index in [2.05, 4.69) is 0 Å². The zero-order valence-corrected chi connectivity index (χ0v) is 8.39. The van der Waals surface area contributed by atoms with E-state index in [4.69, 9.17) is 5.11 Å². The van der Waals surface area contributed by atoms with Crippen molar-refractivity contribution in [2.24, 2.45) is 5.92 Å². The largest absolute Gasteiger partial charge is 0.481 e. The van der Waals surface area contributed by atoms with Crippen molar-refractivity contribution in [2.75, 3.05) is 11.4 Å². The van der Waals surface area contributed by atoms with Crippen LogP contribution in [0.4, 0.5) is 10.1 Å². The summed E-state index contributed by atoms with van der Waals surface area (Å²) in [7, 11) is 0. The van der Waals surface area contributed by atoms with E-state index in [1.54, 1.807) is 0 Å². The highest BCUT2D eigenvalue weighted by atomic mass is 19.1. The van der Waals surface area contributed by atoms with Crippen molar-refractivity contribution >= 4 is 17.6 Å². The molecule has 0 radical (unpaired) electrons. The van der Waals surface area contributed by atoms with Crippen molar-refractivity contribution in [1.82, 2.24) is 0 Å². The Labute approximate surface area is 91.3 Å². The Balaban J connectivity index is 2.21. The van der Waals surface area contributed by atoms with Gasteiger partial charge in [0, 0.05) is 12.2 Å². The molecule has 2 rings (SSSR count). The molecule has 0 aromatic heterocycles. The summed E-state index contributed by atoms with van der Waals surface area (Å²) < 4.78 is 12.7. The fourth-order valence-electron chi connectivity index (χ4n) is 1.79. The van der Waals surface area contributed by atoms with E-state index in [-0.39, 0.29) is 5.82 Å². The number of hydrogen-bond acceptors (Lipinski definition) is 2. The first kappa shape index (κ1) is 10.6. The molecule has 1 atom stereocenters. The smallest absolute Gasteiger partial charge is 0.316 e. The molecule has 0 bridgehead atoms. The molecule has 84 valence electrons. The fraction of sp³-hybridized carbons (Fsp3) is 0.273. The normalized spacial score (nSPS) is 20.2. The molecule has 5 heteroatoms. The minimum atomic E-state index is -1.10. The zero-order chi connectivity index (χ0) is 11.7. The molecule has 0 spiro atoms. The maximum absolute atomic E-state index is 12.7. The van der Waals surface area contributed by atoms with E-state index in [9.17, 15) is 14.0 Å². The molecular formula is C11H10FNO3. The summed E-state index contributed by atoms with van der Waals surface area (Å²) in [6.45, 7) is 0.363. The third-order valence-electron chi connectivity index (χ3n) is 2.64. The molecule has 1 aliphatic heterocycles. The van der Waals surface area contributed by atoms with Crippen molar-refractivity contribution in [3.63, 3.8) is 0 Å². The van der Waals surface area contributed by atoms with Gasteiger partial charge < -0.3 is 10.0 Å². The summed E-state index contributed by atoms with van der Waals surface area (Å²) in [6.07, 6.45) is 0.297. The Morgan fingerprint density at radius 1 is 1.38 bits per heavy atom. The number of carbonyl (C=O) groups is 2. The van der Waals surface area contributed by atoms with Crippen LogP contribution in [-0.4, -0.2) is 23.5 Å². The molecule has 0 unspecified atom stereocenters. The highest BCUT2D eigenvalue weighted by Crippen LogP contribution is 2.25. The van der Waals surface area contributed by atoms with Crippen LogP contribution in [0.2, 0.25) is 0 Å². The maximum Gasteiger partial charge on any atom is 0.316 e. The predicted molar refractivity (Wildman–Crippen MR) is 54.5 cm³/mol. The van der Waals surface area contributed by atoms with Gasteiger partial charge in [0.25, 0.3) is 0 Å². The number of nitrogens with zero attached hydrogens (tertiary/aromatic N) is 1. The summed E-state index contributed by atoms with van der Waals surface area (Å²) in [5, 5.41) is 8.78. The summed E-state index contributed by atoms with van der Waals surface area (Å²) in [5.74, 6) is -2.89. The number of amides is 1. The molecule has 16 heavy (non-hydrogen) atoms. The van der Waals surface area contributed by atoms with Crippen LogP contribution in [0, 0.1) is 11.7 Å². The summed E-state index contributed by atoms with van der Waals surface area (Å²) >= 11 is 0. The van der Waals surface area contributed by atoms with Gasteiger partial charge in [-0.25, -0.2) is 4.39 Å². The van der Waals surface area contributed by atoms with E-state index in [1.165, 1.54) is 29.2 Å². The molecule has 0 saturated carbocycles. The first-order valence-electron chi connectivity index (χ1n) is 4.89. The molecule has 1 aliphatic rings. The van der Waals surface area contributed by atoms with Gasteiger partial charge in [0.05, 0.1) is 0 Å². The Morgan fingerprint density at radius 2 is 2.00 bits per heavy atom. The van der Waals surface area contributed by atoms with E-state index in [1.807, 2.05) is 0 Å². The minimum absolute atomic E-state index is 0.297. The first-order chi connectivity index (χ1) is 7.59. The van der Waals surface area contributed by atoms with Gasteiger partial charge in [-0.1, -0.05) is 0 Å². The highest BCUT2D eigenvalue weighted by molar-refractivity contribution is 6.07. The zero-order valence-electron chi connectivity index (χ0n) is 8.39.